The lowest BCUT2D eigenvalue weighted by molar-refractivity contribution is 0.0990. The van der Waals surface area contributed by atoms with Crippen LogP contribution in [0.1, 0.15) is 16.3 Å². The van der Waals surface area contributed by atoms with E-state index in [2.05, 4.69) is 21.3 Å². The van der Waals surface area contributed by atoms with E-state index in [1.807, 2.05) is 13.0 Å². The van der Waals surface area contributed by atoms with Gasteiger partial charge in [0.25, 0.3) is 11.7 Å². The van der Waals surface area contributed by atoms with Gasteiger partial charge in [-0.3, -0.25) is 4.79 Å². The first-order valence-corrected chi connectivity index (χ1v) is 5.06. The maximum Gasteiger partial charge on any atom is 0.288 e. The van der Waals surface area contributed by atoms with Crippen molar-refractivity contribution in [2.45, 2.75) is 11.9 Å². The Labute approximate surface area is 89.9 Å². The molecule has 6 nitrogen and oxygen atoms in total. The number of hydrogen-bond acceptors (Lipinski definition) is 5. The maximum absolute atomic E-state index is 10.9. The topological polar surface area (TPSA) is 86.2 Å². The van der Waals surface area contributed by atoms with E-state index in [0.717, 1.165) is 10.7 Å². The molecule has 0 aliphatic heterocycles. The van der Waals surface area contributed by atoms with Crippen LogP contribution in [0.25, 0.3) is 5.78 Å². The van der Waals surface area contributed by atoms with E-state index in [0.29, 0.717) is 5.78 Å². The Morgan fingerprint density at radius 3 is 2.93 bits per heavy atom. The molecule has 0 unspecified atom stereocenters. The number of thioether (sulfide) groups is 1. The number of nitrogens with zero attached hydrogens (tertiary/aromatic N) is 4. The molecule has 0 aromatic carbocycles. The summed E-state index contributed by atoms with van der Waals surface area (Å²) in [4.78, 5) is 18.9. The van der Waals surface area contributed by atoms with Crippen LogP contribution in [0.5, 0.6) is 0 Å². The summed E-state index contributed by atoms with van der Waals surface area (Å²) in [7, 11) is 0. The van der Waals surface area contributed by atoms with Gasteiger partial charge >= 0.3 is 0 Å². The number of amides is 1. The Bertz CT molecular complexity index is 535. The van der Waals surface area contributed by atoms with Crippen molar-refractivity contribution in [2.75, 3.05) is 0 Å². The second-order valence-electron chi connectivity index (χ2n) is 2.89. The van der Waals surface area contributed by atoms with Crippen molar-refractivity contribution < 1.29 is 4.79 Å². The monoisotopic (exact) mass is 222 g/mol. The zero-order valence-corrected chi connectivity index (χ0v) is 8.78. The first-order valence-electron chi connectivity index (χ1n) is 4.08. The number of hydrogen-bond donors (Lipinski definition) is 1. The van der Waals surface area contributed by atoms with E-state index in [9.17, 15) is 4.79 Å². The van der Waals surface area contributed by atoms with Crippen molar-refractivity contribution in [2.24, 2.45) is 5.73 Å². The molecule has 7 heteroatoms. The van der Waals surface area contributed by atoms with Crippen molar-refractivity contribution in [3.8, 4) is 0 Å². The van der Waals surface area contributed by atoms with Crippen LogP contribution < -0.4 is 5.73 Å². The Kier molecular flexibility index (Phi) is 2.31. The van der Waals surface area contributed by atoms with E-state index < -0.39 is 5.91 Å². The third-order valence-electron chi connectivity index (χ3n) is 1.78. The average Bonchev–Trinajstić information content (AvgIpc) is 2.59. The summed E-state index contributed by atoms with van der Waals surface area (Å²) in [5.74, 6) is -0.350. The number of fused-ring (bicyclic) bond motifs is 1. The number of nitrogens with two attached hydrogens (primary N) is 1. The van der Waals surface area contributed by atoms with Gasteiger partial charge in [0.2, 0.25) is 5.82 Å². The Morgan fingerprint density at radius 2 is 2.33 bits per heavy atom. The molecular weight excluding hydrogens is 214 g/mol. The van der Waals surface area contributed by atoms with Crippen LogP contribution in [-0.4, -0.2) is 25.5 Å². The fraction of sp³-hybridized carbons (Fsp3) is 0.125. The zero-order chi connectivity index (χ0) is 11.0. The number of rotatable bonds is 2. The second kappa shape index (κ2) is 3.50. The van der Waals surface area contributed by atoms with Gasteiger partial charge < -0.3 is 5.73 Å². The van der Waals surface area contributed by atoms with E-state index >= 15 is 0 Å². The number of carbonyl (C=O) groups excluding carboxylic acids is 1. The normalized spacial score (nSPS) is 10.8. The summed E-state index contributed by atoms with van der Waals surface area (Å²) in [5.41, 5.74) is 5.87. The molecule has 0 fully saturated rings. The van der Waals surface area contributed by atoms with Crippen molar-refractivity contribution in [1.29, 1.82) is 0 Å². The van der Waals surface area contributed by atoms with Crippen LogP contribution in [0.15, 0.2) is 11.1 Å². The van der Waals surface area contributed by atoms with Crippen LogP contribution in [0, 0.1) is 13.2 Å². The van der Waals surface area contributed by atoms with Gasteiger partial charge in [-0.15, -0.1) is 16.9 Å². The highest BCUT2D eigenvalue weighted by Crippen LogP contribution is 2.17. The van der Waals surface area contributed by atoms with Gasteiger partial charge in [0, 0.05) is 11.9 Å². The van der Waals surface area contributed by atoms with Crippen LogP contribution in [-0.2, 0) is 0 Å². The molecule has 77 valence electrons. The van der Waals surface area contributed by atoms with Gasteiger partial charge in [0.1, 0.15) is 5.03 Å². The van der Waals surface area contributed by atoms with E-state index in [1.54, 1.807) is 0 Å². The molecule has 2 N–H and O–H groups in total. The second-order valence-corrected chi connectivity index (χ2v) is 3.60. The largest absolute Gasteiger partial charge is 0.363 e. The Hall–Kier alpha value is -1.63. The highest BCUT2D eigenvalue weighted by molar-refractivity contribution is 8.00. The molecule has 1 amide bonds. The zero-order valence-electron chi connectivity index (χ0n) is 7.97. The van der Waals surface area contributed by atoms with Gasteiger partial charge in [0.05, 0.1) is 0 Å². The minimum atomic E-state index is -0.668. The van der Waals surface area contributed by atoms with Gasteiger partial charge in [-0.25, -0.2) is 4.98 Å². The molecule has 15 heavy (non-hydrogen) atoms. The van der Waals surface area contributed by atoms with Crippen molar-refractivity contribution >= 4 is 23.4 Å². The lowest BCUT2D eigenvalue weighted by Gasteiger charge is -1.99. The molecule has 2 rings (SSSR count). The first-order chi connectivity index (χ1) is 7.11. The summed E-state index contributed by atoms with van der Waals surface area (Å²) >= 11 is 1.26. The number of aryl methyl sites for hydroxylation is 1. The Balaban J connectivity index is 2.74. The molecule has 0 bridgehead atoms. The highest BCUT2D eigenvalue weighted by atomic mass is 32.2. The SMILES string of the molecule is [CH2]Sc1cc(C)nc2nc(C(N)=O)nn12. The van der Waals surface area contributed by atoms with Gasteiger partial charge in [-0.2, -0.15) is 9.50 Å². The van der Waals surface area contributed by atoms with E-state index in [-0.39, 0.29) is 5.82 Å². The van der Waals surface area contributed by atoms with Crippen molar-refractivity contribution in [3.63, 3.8) is 0 Å². The average molecular weight is 222 g/mol. The predicted molar refractivity (Wildman–Crippen MR) is 55.3 cm³/mol. The lowest BCUT2D eigenvalue weighted by Crippen LogP contribution is -2.13. The molecule has 2 heterocycles. The molecule has 0 saturated carbocycles. The van der Waals surface area contributed by atoms with Crippen LogP contribution in [0.4, 0.5) is 0 Å². The number of primary amides is 1. The lowest BCUT2D eigenvalue weighted by atomic mass is 10.5. The van der Waals surface area contributed by atoms with Gasteiger partial charge in [-0.1, -0.05) is 0 Å². The smallest absolute Gasteiger partial charge is 0.288 e. The third kappa shape index (κ3) is 1.65. The van der Waals surface area contributed by atoms with E-state index in [1.165, 1.54) is 16.3 Å². The Morgan fingerprint density at radius 1 is 1.60 bits per heavy atom. The molecule has 2 aromatic rings. The predicted octanol–water partition coefficient (Wildman–Crippen LogP) is 0.415. The van der Waals surface area contributed by atoms with Crippen molar-refractivity contribution in [3.05, 3.63) is 23.8 Å². The van der Waals surface area contributed by atoms with Gasteiger partial charge in [0.15, 0.2) is 0 Å². The summed E-state index contributed by atoms with van der Waals surface area (Å²) in [6, 6.07) is 1.81. The molecule has 1 radical (unpaired) electrons. The fourth-order valence-electron chi connectivity index (χ4n) is 1.16. The molecule has 0 aliphatic carbocycles. The summed E-state index contributed by atoms with van der Waals surface area (Å²) in [6.45, 7) is 1.83. The summed E-state index contributed by atoms with van der Waals surface area (Å²) in [5, 5.41) is 4.69. The first kappa shape index (κ1) is 9.91. The quantitative estimate of drug-likeness (QED) is 0.587. The molecule has 0 saturated heterocycles. The van der Waals surface area contributed by atoms with Crippen LogP contribution >= 0.6 is 11.8 Å². The molecule has 0 spiro atoms. The minimum absolute atomic E-state index is 0.0385. The van der Waals surface area contributed by atoms with Gasteiger partial charge in [-0.05, 0) is 13.0 Å². The standard InChI is InChI=1S/C8H8N5OS/c1-4-3-5(15-2)13-8(10-4)11-7(12-13)6(9)14/h3H,2H2,1H3,(H2,9,14). The van der Waals surface area contributed by atoms with Crippen molar-refractivity contribution in [1.82, 2.24) is 19.6 Å². The van der Waals surface area contributed by atoms with Crippen LogP contribution in [0.2, 0.25) is 0 Å². The number of aromatic nitrogens is 4. The van der Waals surface area contributed by atoms with Crippen LogP contribution in [0.3, 0.4) is 0 Å². The number of carbonyl (C=O) groups is 1. The molecule has 2 aromatic heterocycles. The molecule has 0 atom stereocenters. The van der Waals surface area contributed by atoms with E-state index in [4.69, 9.17) is 5.73 Å². The third-order valence-corrected chi connectivity index (χ3v) is 2.36. The molecular formula is C8H8N5OS. The fourth-order valence-corrected chi connectivity index (χ4v) is 1.66. The minimum Gasteiger partial charge on any atom is -0.363 e. The highest BCUT2D eigenvalue weighted by Gasteiger charge is 2.12. The molecule has 0 aliphatic rings. The summed E-state index contributed by atoms with van der Waals surface area (Å²) < 4.78 is 1.45. The summed E-state index contributed by atoms with van der Waals surface area (Å²) in [6.07, 6.45) is 3.69. The maximum atomic E-state index is 10.9.